The van der Waals surface area contributed by atoms with Crippen molar-refractivity contribution in [3.8, 4) is 0 Å². The van der Waals surface area contributed by atoms with E-state index < -0.39 is 10.0 Å². The molecular weight excluding hydrogens is 288 g/mol. The first-order valence-electron chi connectivity index (χ1n) is 5.59. The lowest BCUT2D eigenvalue weighted by Crippen LogP contribution is -2.37. The van der Waals surface area contributed by atoms with Crippen LogP contribution in [0.3, 0.4) is 0 Å². The van der Waals surface area contributed by atoms with Gasteiger partial charge in [0.15, 0.2) is 0 Å². The number of amides is 1. The van der Waals surface area contributed by atoms with Crippen LogP contribution >= 0.6 is 11.6 Å². The third-order valence-electron chi connectivity index (χ3n) is 2.70. The zero-order valence-corrected chi connectivity index (χ0v) is 12.9. The quantitative estimate of drug-likeness (QED) is 0.844. The summed E-state index contributed by atoms with van der Waals surface area (Å²) in [6.07, 6.45) is 0. The molecule has 0 aliphatic carbocycles. The maximum Gasteiger partial charge on any atom is 0.243 e. The van der Waals surface area contributed by atoms with Gasteiger partial charge < -0.3 is 4.90 Å². The highest BCUT2D eigenvalue weighted by Gasteiger charge is 2.25. The summed E-state index contributed by atoms with van der Waals surface area (Å²) in [6.45, 7) is 1.48. The molecule has 7 heteroatoms. The van der Waals surface area contributed by atoms with Gasteiger partial charge in [0.25, 0.3) is 0 Å². The molecule has 0 saturated heterocycles. The molecule has 0 unspecified atom stereocenters. The van der Waals surface area contributed by atoms with Crippen LogP contribution in [0.25, 0.3) is 0 Å². The number of likely N-dealkylation sites (N-methyl/N-ethyl adjacent to an activating group) is 2. The minimum Gasteiger partial charge on any atom is -0.348 e. The molecular formula is C12H17ClN2O3S. The molecule has 0 heterocycles. The average Bonchev–Trinajstić information content (AvgIpc) is 2.31. The first kappa shape index (κ1) is 15.9. The molecule has 0 spiro atoms. The van der Waals surface area contributed by atoms with E-state index in [0.29, 0.717) is 10.6 Å². The standard InChI is InChI=1S/C12H17ClN2O3S/c1-9-5-6-10(13)7-11(9)19(17,18)15(4)8-12(16)14(2)3/h5-7H,8H2,1-4H3. The molecule has 0 aliphatic heterocycles. The molecule has 1 rings (SSSR count). The molecule has 0 fully saturated rings. The van der Waals surface area contributed by atoms with Crippen molar-refractivity contribution >= 4 is 27.5 Å². The first-order chi connectivity index (χ1) is 8.66. The number of aryl methyl sites for hydroxylation is 1. The summed E-state index contributed by atoms with van der Waals surface area (Å²) in [7, 11) is 0.806. The van der Waals surface area contributed by atoms with Gasteiger partial charge in [0.05, 0.1) is 11.4 Å². The molecule has 106 valence electrons. The second-order valence-corrected chi connectivity index (χ2v) is 6.91. The fourth-order valence-corrected chi connectivity index (χ4v) is 3.04. The Morgan fingerprint density at radius 1 is 1.26 bits per heavy atom. The number of benzene rings is 1. The lowest BCUT2D eigenvalue weighted by molar-refractivity contribution is -0.128. The van der Waals surface area contributed by atoms with Crippen LogP contribution in [0.15, 0.2) is 23.1 Å². The van der Waals surface area contributed by atoms with E-state index in [4.69, 9.17) is 11.6 Å². The number of sulfonamides is 1. The summed E-state index contributed by atoms with van der Waals surface area (Å²) < 4.78 is 25.7. The Hall–Kier alpha value is -1.11. The molecule has 0 N–H and O–H groups in total. The predicted octanol–water partition coefficient (Wildman–Crippen LogP) is 1.36. The van der Waals surface area contributed by atoms with Gasteiger partial charge in [0.2, 0.25) is 15.9 Å². The topological polar surface area (TPSA) is 57.7 Å². The molecule has 5 nitrogen and oxygen atoms in total. The van der Waals surface area contributed by atoms with Crippen LogP contribution in [0.2, 0.25) is 5.02 Å². The summed E-state index contributed by atoms with van der Waals surface area (Å²) in [5.41, 5.74) is 0.591. The summed E-state index contributed by atoms with van der Waals surface area (Å²) in [5.74, 6) is -0.286. The van der Waals surface area contributed by atoms with Crippen LogP contribution in [0.4, 0.5) is 0 Å². The fourth-order valence-electron chi connectivity index (χ4n) is 1.44. The molecule has 1 aromatic carbocycles. The van der Waals surface area contributed by atoms with Gasteiger partial charge in [0.1, 0.15) is 0 Å². The molecule has 19 heavy (non-hydrogen) atoms. The lowest BCUT2D eigenvalue weighted by Gasteiger charge is -2.20. The molecule has 0 bridgehead atoms. The maximum absolute atomic E-state index is 12.4. The largest absolute Gasteiger partial charge is 0.348 e. The Balaban J connectivity index is 3.10. The number of halogens is 1. The maximum atomic E-state index is 12.4. The molecule has 0 atom stereocenters. The van der Waals surface area contributed by atoms with Crippen LogP contribution < -0.4 is 0 Å². The Kier molecular flexibility index (Phi) is 4.95. The minimum absolute atomic E-state index is 0.119. The second-order valence-electron chi connectivity index (χ2n) is 4.46. The Morgan fingerprint density at radius 3 is 2.37 bits per heavy atom. The van der Waals surface area contributed by atoms with E-state index >= 15 is 0 Å². The summed E-state index contributed by atoms with van der Waals surface area (Å²) in [4.78, 5) is 13.0. The van der Waals surface area contributed by atoms with E-state index in [0.717, 1.165) is 4.31 Å². The molecule has 0 aromatic heterocycles. The number of hydrogen-bond donors (Lipinski definition) is 0. The van der Waals surface area contributed by atoms with E-state index in [1.54, 1.807) is 33.2 Å². The van der Waals surface area contributed by atoms with Crippen LogP contribution in [0.1, 0.15) is 5.56 Å². The van der Waals surface area contributed by atoms with Gasteiger partial charge in [-0.25, -0.2) is 8.42 Å². The third kappa shape index (κ3) is 3.68. The molecule has 1 amide bonds. The van der Waals surface area contributed by atoms with Gasteiger partial charge in [-0.1, -0.05) is 17.7 Å². The summed E-state index contributed by atoms with van der Waals surface area (Å²) in [6, 6.07) is 4.65. The number of rotatable bonds is 4. The number of nitrogens with zero attached hydrogens (tertiary/aromatic N) is 2. The zero-order valence-electron chi connectivity index (χ0n) is 11.3. The fraction of sp³-hybridized carbons (Fsp3) is 0.417. The van der Waals surface area contributed by atoms with E-state index in [-0.39, 0.29) is 17.3 Å². The van der Waals surface area contributed by atoms with E-state index in [1.807, 2.05) is 0 Å². The molecule has 0 saturated carbocycles. The Labute approximate surface area is 118 Å². The van der Waals surface area contributed by atoms with Crippen molar-refractivity contribution in [1.82, 2.24) is 9.21 Å². The third-order valence-corrected chi connectivity index (χ3v) is 4.88. The van der Waals surface area contributed by atoms with Crippen molar-refractivity contribution in [1.29, 1.82) is 0 Å². The Morgan fingerprint density at radius 2 is 1.84 bits per heavy atom. The highest BCUT2D eigenvalue weighted by molar-refractivity contribution is 7.89. The zero-order chi connectivity index (χ0) is 14.8. The van der Waals surface area contributed by atoms with Crippen molar-refractivity contribution in [2.45, 2.75) is 11.8 Å². The normalized spacial score (nSPS) is 11.7. The van der Waals surface area contributed by atoms with E-state index in [9.17, 15) is 13.2 Å². The number of carbonyl (C=O) groups excluding carboxylic acids is 1. The lowest BCUT2D eigenvalue weighted by atomic mass is 10.2. The van der Waals surface area contributed by atoms with Gasteiger partial charge in [-0.05, 0) is 24.6 Å². The van der Waals surface area contributed by atoms with Crippen molar-refractivity contribution in [2.24, 2.45) is 0 Å². The summed E-state index contributed by atoms with van der Waals surface area (Å²) >= 11 is 5.83. The van der Waals surface area contributed by atoms with Crippen molar-refractivity contribution in [2.75, 3.05) is 27.7 Å². The van der Waals surface area contributed by atoms with Crippen molar-refractivity contribution in [3.63, 3.8) is 0 Å². The van der Waals surface area contributed by atoms with Gasteiger partial charge in [-0.2, -0.15) is 4.31 Å². The van der Waals surface area contributed by atoms with Gasteiger partial charge in [-0.15, -0.1) is 0 Å². The first-order valence-corrected chi connectivity index (χ1v) is 7.40. The smallest absolute Gasteiger partial charge is 0.243 e. The van der Waals surface area contributed by atoms with Crippen LogP contribution in [-0.2, 0) is 14.8 Å². The van der Waals surface area contributed by atoms with Gasteiger partial charge >= 0.3 is 0 Å². The van der Waals surface area contributed by atoms with Gasteiger partial charge in [-0.3, -0.25) is 4.79 Å². The average molecular weight is 305 g/mol. The van der Waals surface area contributed by atoms with Crippen molar-refractivity contribution in [3.05, 3.63) is 28.8 Å². The Bertz CT molecular complexity index is 585. The highest BCUT2D eigenvalue weighted by atomic mass is 35.5. The van der Waals surface area contributed by atoms with Crippen LogP contribution in [0.5, 0.6) is 0 Å². The number of carbonyl (C=O) groups is 1. The minimum atomic E-state index is -3.72. The highest BCUT2D eigenvalue weighted by Crippen LogP contribution is 2.22. The van der Waals surface area contributed by atoms with E-state index in [1.165, 1.54) is 18.0 Å². The predicted molar refractivity (Wildman–Crippen MR) is 74.7 cm³/mol. The monoisotopic (exact) mass is 304 g/mol. The molecule has 0 aliphatic rings. The molecule has 1 aromatic rings. The van der Waals surface area contributed by atoms with Crippen LogP contribution in [-0.4, -0.2) is 51.2 Å². The summed E-state index contributed by atoms with van der Waals surface area (Å²) in [5, 5.41) is 0.344. The van der Waals surface area contributed by atoms with E-state index in [2.05, 4.69) is 0 Å². The van der Waals surface area contributed by atoms with Crippen molar-refractivity contribution < 1.29 is 13.2 Å². The molecule has 0 radical (unpaired) electrons. The van der Waals surface area contributed by atoms with Gasteiger partial charge in [0, 0.05) is 26.2 Å². The second kappa shape index (κ2) is 5.90. The van der Waals surface area contributed by atoms with Crippen LogP contribution in [0, 0.1) is 6.92 Å². The SMILES string of the molecule is Cc1ccc(Cl)cc1S(=O)(=O)N(C)CC(=O)N(C)C. The number of hydrogen-bond acceptors (Lipinski definition) is 3.